The zero-order valence-corrected chi connectivity index (χ0v) is 11.4. The van der Waals surface area contributed by atoms with Gasteiger partial charge in [0.05, 0.1) is 32.3 Å². The molecule has 0 aliphatic heterocycles. The Labute approximate surface area is 112 Å². The number of hydrogen-bond donors (Lipinski definition) is 3. The van der Waals surface area contributed by atoms with Gasteiger partial charge in [-0.3, -0.25) is 14.4 Å². The zero-order chi connectivity index (χ0) is 14.7. The molecule has 3 amide bonds. The van der Waals surface area contributed by atoms with Crippen LogP contribution in [0.4, 0.5) is 0 Å². The van der Waals surface area contributed by atoms with Crippen LogP contribution in [0.1, 0.15) is 6.92 Å². The maximum absolute atomic E-state index is 11.5. The molecule has 0 atom stereocenters. The van der Waals surface area contributed by atoms with E-state index in [-0.39, 0.29) is 30.9 Å². The lowest BCUT2D eigenvalue weighted by Crippen LogP contribution is -2.47. The highest BCUT2D eigenvalue weighted by atomic mass is 16.5. The summed E-state index contributed by atoms with van der Waals surface area (Å²) >= 11 is 0. The summed E-state index contributed by atoms with van der Waals surface area (Å²) in [6, 6.07) is -0.269. The van der Waals surface area contributed by atoms with E-state index in [2.05, 4.69) is 16.0 Å². The standard InChI is InChI=1S/C11H21N3O5/c1-8(15)12-4-10(16)13-5-11(17)14-9(6-18-2)7-19-3/h9H,4-7H2,1-3H3,(H,12,15)(H,13,16)(H,14,17). The summed E-state index contributed by atoms with van der Waals surface area (Å²) in [5, 5.41) is 7.36. The molecule has 19 heavy (non-hydrogen) atoms. The van der Waals surface area contributed by atoms with E-state index < -0.39 is 5.91 Å². The lowest BCUT2D eigenvalue weighted by Gasteiger charge is -2.17. The second kappa shape index (κ2) is 10.3. The lowest BCUT2D eigenvalue weighted by atomic mass is 10.3. The molecule has 110 valence electrons. The molecule has 0 bridgehead atoms. The van der Waals surface area contributed by atoms with E-state index in [0.717, 1.165) is 0 Å². The average Bonchev–Trinajstić information content (AvgIpc) is 2.34. The smallest absolute Gasteiger partial charge is 0.239 e. The molecule has 8 heteroatoms. The van der Waals surface area contributed by atoms with Crippen molar-refractivity contribution >= 4 is 17.7 Å². The Morgan fingerprint density at radius 3 is 1.95 bits per heavy atom. The van der Waals surface area contributed by atoms with Crippen molar-refractivity contribution < 1.29 is 23.9 Å². The molecule has 0 heterocycles. The number of rotatable bonds is 9. The Kier molecular flexibility index (Phi) is 9.37. The number of nitrogens with one attached hydrogen (secondary N) is 3. The Bertz CT molecular complexity index is 303. The second-order valence-electron chi connectivity index (χ2n) is 3.86. The van der Waals surface area contributed by atoms with Crippen molar-refractivity contribution in [3.63, 3.8) is 0 Å². The summed E-state index contributed by atoms with van der Waals surface area (Å²) in [4.78, 5) is 33.3. The van der Waals surface area contributed by atoms with Crippen LogP contribution in [0.25, 0.3) is 0 Å². The van der Waals surface area contributed by atoms with E-state index in [9.17, 15) is 14.4 Å². The molecule has 0 saturated heterocycles. The van der Waals surface area contributed by atoms with Gasteiger partial charge in [-0.05, 0) is 0 Å². The van der Waals surface area contributed by atoms with Crippen molar-refractivity contribution in [3.05, 3.63) is 0 Å². The minimum absolute atomic E-state index is 0.151. The fourth-order valence-electron chi connectivity index (χ4n) is 1.26. The Balaban J connectivity index is 3.89. The molecule has 8 nitrogen and oxygen atoms in total. The molecular weight excluding hydrogens is 254 g/mol. The molecule has 0 radical (unpaired) electrons. The summed E-state index contributed by atoms with van der Waals surface area (Å²) in [5.41, 5.74) is 0. The van der Waals surface area contributed by atoms with Gasteiger partial charge >= 0.3 is 0 Å². The Morgan fingerprint density at radius 1 is 0.947 bits per heavy atom. The predicted octanol–water partition coefficient (Wildman–Crippen LogP) is -1.98. The molecule has 0 aromatic rings. The van der Waals surface area contributed by atoms with Crippen molar-refractivity contribution in [3.8, 4) is 0 Å². The van der Waals surface area contributed by atoms with Crippen LogP contribution in [0.2, 0.25) is 0 Å². The third-order valence-electron chi connectivity index (χ3n) is 2.04. The lowest BCUT2D eigenvalue weighted by molar-refractivity contribution is -0.127. The van der Waals surface area contributed by atoms with Crippen LogP contribution in [0.3, 0.4) is 0 Å². The highest BCUT2D eigenvalue weighted by molar-refractivity contribution is 5.87. The van der Waals surface area contributed by atoms with Crippen molar-refractivity contribution in [2.75, 3.05) is 40.5 Å². The second-order valence-corrected chi connectivity index (χ2v) is 3.86. The number of ether oxygens (including phenoxy) is 2. The van der Waals surface area contributed by atoms with Gasteiger partial charge in [-0.15, -0.1) is 0 Å². The van der Waals surface area contributed by atoms with E-state index in [1.54, 1.807) is 0 Å². The molecule has 0 aliphatic carbocycles. The molecule has 0 rings (SSSR count). The van der Waals surface area contributed by atoms with Crippen LogP contribution in [0.5, 0.6) is 0 Å². The minimum Gasteiger partial charge on any atom is -0.382 e. The number of methoxy groups -OCH3 is 2. The van der Waals surface area contributed by atoms with Gasteiger partial charge in [0.2, 0.25) is 17.7 Å². The average molecular weight is 275 g/mol. The molecule has 0 aliphatic rings. The first-order valence-corrected chi connectivity index (χ1v) is 5.78. The van der Waals surface area contributed by atoms with Gasteiger partial charge in [-0.2, -0.15) is 0 Å². The first-order chi connectivity index (χ1) is 8.99. The molecule has 0 unspecified atom stereocenters. The van der Waals surface area contributed by atoms with Crippen molar-refractivity contribution in [1.82, 2.24) is 16.0 Å². The highest BCUT2D eigenvalue weighted by Gasteiger charge is 2.12. The fourth-order valence-corrected chi connectivity index (χ4v) is 1.26. The summed E-state index contributed by atoms with van der Waals surface area (Å²) in [7, 11) is 3.04. The van der Waals surface area contributed by atoms with E-state index in [4.69, 9.17) is 9.47 Å². The minimum atomic E-state index is -0.430. The number of hydrogen-bond acceptors (Lipinski definition) is 5. The largest absolute Gasteiger partial charge is 0.382 e. The Hall–Kier alpha value is -1.67. The fraction of sp³-hybridized carbons (Fsp3) is 0.727. The number of carbonyl (C=O) groups excluding carboxylic acids is 3. The van der Waals surface area contributed by atoms with Crippen molar-refractivity contribution in [1.29, 1.82) is 0 Å². The molecule has 3 N–H and O–H groups in total. The van der Waals surface area contributed by atoms with Crippen LogP contribution < -0.4 is 16.0 Å². The summed E-state index contributed by atoms with van der Waals surface area (Å²) in [5.74, 6) is -1.09. The topological polar surface area (TPSA) is 106 Å². The van der Waals surface area contributed by atoms with Crippen LogP contribution in [0, 0.1) is 0 Å². The van der Waals surface area contributed by atoms with E-state index in [1.807, 2.05) is 0 Å². The zero-order valence-electron chi connectivity index (χ0n) is 11.4. The quantitative estimate of drug-likeness (QED) is 0.452. The molecule has 0 saturated carbocycles. The van der Waals surface area contributed by atoms with E-state index in [0.29, 0.717) is 13.2 Å². The molecule has 0 aromatic carbocycles. The van der Waals surface area contributed by atoms with E-state index in [1.165, 1.54) is 21.1 Å². The highest BCUT2D eigenvalue weighted by Crippen LogP contribution is 1.86. The first kappa shape index (κ1) is 17.3. The van der Waals surface area contributed by atoms with Crippen LogP contribution >= 0.6 is 0 Å². The van der Waals surface area contributed by atoms with E-state index >= 15 is 0 Å². The Morgan fingerprint density at radius 2 is 1.47 bits per heavy atom. The third-order valence-corrected chi connectivity index (χ3v) is 2.04. The molecule has 0 fully saturated rings. The predicted molar refractivity (Wildman–Crippen MR) is 67.4 cm³/mol. The maximum Gasteiger partial charge on any atom is 0.239 e. The SMILES string of the molecule is COCC(COC)NC(=O)CNC(=O)CNC(C)=O. The van der Waals surface area contributed by atoms with Gasteiger partial charge in [0, 0.05) is 21.1 Å². The third kappa shape index (κ3) is 9.98. The monoisotopic (exact) mass is 275 g/mol. The van der Waals surface area contributed by atoms with Gasteiger partial charge in [-0.1, -0.05) is 0 Å². The molecular formula is C11H21N3O5. The number of carbonyl (C=O) groups is 3. The summed E-state index contributed by atoms with van der Waals surface area (Å²) < 4.78 is 9.84. The van der Waals surface area contributed by atoms with Crippen LogP contribution in [0.15, 0.2) is 0 Å². The van der Waals surface area contributed by atoms with Gasteiger partial charge < -0.3 is 25.4 Å². The van der Waals surface area contributed by atoms with Crippen LogP contribution in [-0.2, 0) is 23.9 Å². The van der Waals surface area contributed by atoms with Gasteiger partial charge in [0.15, 0.2) is 0 Å². The van der Waals surface area contributed by atoms with Crippen LogP contribution in [-0.4, -0.2) is 64.3 Å². The normalized spacial score (nSPS) is 10.1. The molecule has 0 spiro atoms. The molecule has 0 aromatic heterocycles. The maximum atomic E-state index is 11.5. The first-order valence-electron chi connectivity index (χ1n) is 5.78. The van der Waals surface area contributed by atoms with Gasteiger partial charge in [0.1, 0.15) is 0 Å². The van der Waals surface area contributed by atoms with Gasteiger partial charge in [-0.25, -0.2) is 0 Å². The van der Waals surface area contributed by atoms with Crippen molar-refractivity contribution in [2.24, 2.45) is 0 Å². The van der Waals surface area contributed by atoms with Gasteiger partial charge in [0.25, 0.3) is 0 Å². The summed E-state index contributed by atoms with van der Waals surface area (Å²) in [6.45, 7) is 1.63. The number of amides is 3. The van der Waals surface area contributed by atoms with Crippen molar-refractivity contribution in [2.45, 2.75) is 13.0 Å². The summed E-state index contributed by atoms with van der Waals surface area (Å²) in [6.07, 6.45) is 0.